The van der Waals surface area contributed by atoms with Gasteiger partial charge in [0.05, 0.1) is 15.1 Å². The van der Waals surface area contributed by atoms with Crippen LogP contribution in [0.25, 0.3) is 0 Å². The SMILES string of the molecule is CC(N)Cc1cccc(Cl)c1OCc1cccc(Cl)c1Cl. The largest absolute Gasteiger partial charge is 0.487 e. The lowest BCUT2D eigenvalue weighted by molar-refractivity contribution is 0.302. The van der Waals surface area contributed by atoms with Gasteiger partial charge in [-0.3, -0.25) is 0 Å². The lowest BCUT2D eigenvalue weighted by Crippen LogP contribution is -2.18. The molecule has 2 aromatic rings. The molecule has 0 aliphatic heterocycles. The Labute approximate surface area is 139 Å². The first-order valence-electron chi connectivity index (χ1n) is 6.57. The third-order valence-corrected chi connectivity index (χ3v) is 4.15. The molecular weight excluding hydrogens is 329 g/mol. The predicted molar refractivity (Wildman–Crippen MR) is 89.6 cm³/mol. The van der Waals surface area contributed by atoms with Gasteiger partial charge >= 0.3 is 0 Å². The number of hydrogen-bond donors (Lipinski definition) is 1. The molecule has 112 valence electrons. The minimum atomic E-state index is 0.0283. The fourth-order valence-electron chi connectivity index (χ4n) is 2.03. The molecule has 2 nitrogen and oxygen atoms in total. The van der Waals surface area contributed by atoms with Gasteiger partial charge in [-0.05, 0) is 31.0 Å². The van der Waals surface area contributed by atoms with Gasteiger partial charge in [0, 0.05) is 11.6 Å². The van der Waals surface area contributed by atoms with Crippen LogP contribution >= 0.6 is 34.8 Å². The van der Waals surface area contributed by atoms with E-state index in [4.69, 9.17) is 45.3 Å². The summed E-state index contributed by atoms with van der Waals surface area (Å²) in [7, 11) is 0. The molecular formula is C16H16Cl3NO. The smallest absolute Gasteiger partial charge is 0.141 e. The average molecular weight is 345 g/mol. The molecule has 0 aliphatic carbocycles. The molecule has 0 bridgehead atoms. The van der Waals surface area contributed by atoms with Gasteiger partial charge in [-0.25, -0.2) is 0 Å². The monoisotopic (exact) mass is 343 g/mol. The first kappa shape index (κ1) is 16.4. The van der Waals surface area contributed by atoms with Crippen LogP contribution in [0.3, 0.4) is 0 Å². The van der Waals surface area contributed by atoms with Gasteiger partial charge in [0.2, 0.25) is 0 Å². The van der Waals surface area contributed by atoms with Crippen LogP contribution in [0, 0.1) is 0 Å². The standard InChI is InChI=1S/C16H16Cl3NO/c1-10(20)8-11-4-2-7-14(18)16(11)21-9-12-5-3-6-13(17)15(12)19/h2-7,10H,8-9,20H2,1H3. The Morgan fingerprint density at radius 2 is 1.62 bits per heavy atom. The summed E-state index contributed by atoms with van der Waals surface area (Å²) in [4.78, 5) is 0. The molecule has 2 N–H and O–H groups in total. The molecule has 1 unspecified atom stereocenters. The van der Waals surface area contributed by atoms with Crippen LogP contribution < -0.4 is 10.5 Å². The summed E-state index contributed by atoms with van der Waals surface area (Å²) in [5, 5.41) is 1.57. The van der Waals surface area contributed by atoms with Crippen molar-refractivity contribution in [2.45, 2.75) is 26.0 Å². The molecule has 0 spiro atoms. The van der Waals surface area contributed by atoms with Crippen molar-refractivity contribution in [1.82, 2.24) is 0 Å². The maximum atomic E-state index is 6.23. The van der Waals surface area contributed by atoms with Gasteiger partial charge in [-0.2, -0.15) is 0 Å². The van der Waals surface area contributed by atoms with Crippen molar-refractivity contribution >= 4 is 34.8 Å². The third kappa shape index (κ3) is 4.27. The zero-order valence-electron chi connectivity index (χ0n) is 11.6. The number of halogens is 3. The van der Waals surface area contributed by atoms with E-state index in [1.165, 1.54) is 0 Å². The molecule has 0 aliphatic rings. The van der Waals surface area contributed by atoms with Crippen molar-refractivity contribution < 1.29 is 4.74 Å². The van der Waals surface area contributed by atoms with E-state index in [1.54, 1.807) is 12.1 Å². The van der Waals surface area contributed by atoms with Gasteiger partial charge in [0.15, 0.2) is 0 Å². The fourth-order valence-corrected chi connectivity index (χ4v) is 2.66. The Kier molecular flexibility index (Phi) is 5.77. The topological polar surface area (TPSA) is 35.2 Å². The second kappa shape index (κ2) is 7.37. The highest BCUT2D eigenvalue weighted by Crippen LogP contribution is 2.32. The molecule has 0 heterocycles. The highest BCUT2D eigenvalue weighted by Gasteiger charge is 2.12. The lowest BCUT2D eigenvalue weighted by Gasteiger charge is -2.15. The van der Waals surface area contributed by atoms with E-state index in [9.17, 15) is 0 Å². The van der Waals surface area contributed by atoms with Crippen LogP contribution in [0.1, 0.15) is 18.1 Å². The minimum absolute atomic E-state index is 0.0283. The van der Waals surface area contributed by atoms with Gasteiger partial charge < -0.3 is 10.5 Å². The molecule has 5 heteroatoms. The van der Waals surface area contributed by atoms with Crippen LogP contribution in [0.15, 0.2) is 36.4 Å². The van der Waals surface area contributed by atoms with Crippen molar-refractivity contribution in [1.29, 1.82) is 0 Å². The van der Waals surface area contributed by atoms with E-state index < -0.39 is 0 Å². The highest BCUT2D eigenvalue weighted by molar-refractivity contribution is 6.42. The maximum Gasteiger partial charge on any atom is 0.141 e. The van der Waals surface area contributed by atoms with Gasteiger partial charge in [0.25, 0.3) is 0 Å². The number of nitrogens with two attached hydrogens (primary N) is 1. The Bertz CT molecular complexity index is 629. The normalized spacial score (nSPS) is 12.2. The maximum absolute atomic E-state index is 6.23. The number of rotatable bonds is 5. The molecule has 0 aromatic heterocycles. The molecule has 21 heavy (non-hydrogen) atoms. The Morgan fingerprint density at radius 3 is 2.29 bits per heavy atom. The fraction of sp³-hybridized carbons (Fsp3) is 0.250. The summed E-state index contributed by atoms with van der Waals surface area (Å²) in [6, 6.07) is 11.1. The molecule has 0 saturated carbocycles. The van der Waals surface area contributed by atoms with Crippen molar-refractivity contribution in [3.63, 3.8) is 0 Å². The quantitative estimate of drug-likeness (QED) is 0.817. The first-order valence-corrected chi connectivity index (χ1v) is 7.71. The van der Waals surface area contributed by atoms with E-state index in [0.29, 0.717) is 33.8 Å². The van der Waals surface area contributed by atoms with Crippen molar-refractivity contribution in [3.8, 4) is 5.75 Å². The zero-order chi connectivity index (χ0) is 15.4. The van der Waals surface area contributed by atoms with E-state index in [0.717, 1.165) is 11.1 Å². The number of benzene rings is 2. The number of hydrogen-bond acceptors (Lipinski definition) is 2. The summed E-state index contributed by atoms with van der Waals surface area (Å²) < 4.78 is 5.86. The van der Waals surface area contributed by atoms with Crippen molar-refractivity contribution in [2.24, 2.45) is 5.73 Å². The van der Waals surface area contributed by atoms with E-state index in [-0.39, 0.29) is 6.04 Å². The Balaban J connectivity index is 2.21. The molecule has 0 amide bonds. The third-order valence-electron chi connectivity index (χ3n) is 2.99. The minimum Gasteiger partial charge on any atom is -0.487 e. The molecule has 1 atom stereocenters. The Hall–Kier alpha value is -0.930. The summed E-state index contributed by atoms with van der Waals surface area (Å²) >= 11 is 18.4. The van der Waals surface area contributed by atoms with E-state index in [2.05, 4.69) is 0 Å². The van der Waals surface area contributed by atoms with Crippen LogP contribution in [-0.4, -0.2) is 6.04 Å². The molecule has 2 aromatic carbocycles. The van der Waals surface area contributed by atoms with Gasteiger partial charge in [-0.1, -0.05) is 59.1 Å². The van der Waals surface area contributed by atoms with E-state index in [1.807, 2.05) is 31.2 Å². The number of ether oxygens (including phenoxy) is 1. The molecule has 0 radical (unpaired) electrons. The average Bonchev–Trinajstić information content (AvgIpc) is 2.42. The summed E-state index contributed by atoms with van der Waals surface area (Å²) in [5.74, 6) is 0.646. The predicted octanol–water partition coefficient (Wildman–Crippen LogP) is 5.12. The lowest BCUT2D eigenvalue weighted by atomic mass is 10.1. The second-order valence-corrected chi connectivity index (χ2v) is 6.10. The van der Waals surface area contributed by atoms with Gasteiger partial charge in [0.1, 0.15) is 12.4 Å². The molecule has 2 rings (SSSR count). The van der Waals surface area contributed by atoms with Crippen LogP contribution in [0.5, 0.6) is 5.75 Å². The van der Waals surface area contributed by atoms with Crippen LogP contribution in [0.4, 0.5) is 0 Å². The van der Waals surface area contributed by atoms with Crippen molar-refractivity contribution in [2.75, 3.05) is 0 Å². The summed E-state index contributed by atoms with van der Waals surface area (Å²) in [5.41, 5.74) is 7.66. The summed E-state index contributed by atoms with van der Waals surface area (Å²) in [6.45, 7) is 2.24. The van der Waals surface area contributed by atoms with Crippen molar-refractivity contribution in [3.05, 3.63) is 62.6 Å². The van der Waals surface area contributed by atoms with Crippen LogP contribution in [0.2, 0.25) is 15.1 Å². The second-order valence-electron chi connectivity index (χ2n) is 4.91. The summed E-state index contributed by atoms with van der Waals surface area (Å²) in [6.07, 6.45) is 0.694. The Morgan fingerprint density at radius 1 is 1.00 bits per heavy atom. The molecule has 0 fully saturated rings. The highest BCUT2D eigenvalue weighted by atomic mass is 35.5. The van der Waals surface area contributed by atoms with Gasteiger partial charge in [-0.15, -0.1) is 0 Å². The first-order chi connectivity index (χ1) is 9.99. The van der Waals surface area contributed by atoms with Crippen LogP contribution in [-0.2, 0) is 13.0 Å². The molecule has 0 saturated heterocycles. The number of para-hydroxylation sites is 1. The van der Waals surface area contributed by atoms with E-state index >= 15 is 0 Å². The zero-order valence-corrected chi connectivity index (χ0v) is 13.8.